The SMILES string of the molecule is COC(=O)N1CC(=O)N(C(=O)OC)C1=O. The molecule has 0 spiro atoms. The lowest BCUT2D eigenvalue weighted by molar-refractivity contribution is -0.124. The van der Waals surface area contributed by atoms with Crippen LogP contribution in [-0.4, -0.2) is 54.7 Å². The number of rotatable bonds is 0. The largest absolute Gasteiger partial charge is 0.452 e. The van der Waals surface area contributed by atoms with Gasteiger partial charge in [0.25, 0.3) is 5.91 Å². The number of urea groups is 1. The van der Waals surface area contributed by atoms with Crippen LogP contribution in [0.25, 0.3) is 0 Å². The van der Waals surface area contributed by atoms with Crippen molar-refractivity contribution in [2.75, 3.05) is 20.8 Å². The third kappa shape index (κ3) is 1.73. The van der Waals surface area contributed by atoms with E-state index in [4.69, 9.17) is 0 Å². The number of hydrogen-bond acceptors (Lipinski definition) is 6. The number of imide groups is 4. The molecule has 1 rings (SSSR count). The van der Waals surface area contributed by atoms with Gasteiger partial charge in [0.05, 0.1) is 14.2 Å². The molecule has 0 atom stereocenters. The highest BCUT2D eigenvalue weighted by molar-refractivity contribution is 6.17. The Balaban J connectivity index is 2.88. The summed E-state index contributed by atoms with van der Waals surface area (Å²) in [5.74, 6) is -0.836. The fourth-order valence-corrected chi connectivity index (χ4v) is 1.03. The molecule has 8 nitrogen and oxygen atoms in total. The first-order valence-electron chi connectivity index (χ1n) is 3.83. The summed E-state index contributed by atoms with van der Waals surface area (Å²) in [6.45, 7) is -0.527. The van der Waals surface area contributed by atoms with Crippen LogP contribution in [0.5, 0.6) is 0 Å². The number of ether oxygens (including phenoxy) is 2. The van der Waals surface area contributed by atoms with Gasteiger partial charge >= 0.3 is 18.2 Å². The maximum atomic E-state index is 11.3. The third-order valence-corrected chi connectivity index (χ3v) is 1.72. The molecule has 15 heavy (non-hydrogen) atoms. The van der Waals surface area contributed by atoms with E-state index in [0.29, 0.717) is 4.90 Å². The molecule has 0 unspecified atom stereocenters. The van der Waals surface area contributed by atoms with Crippen molar-refractivity contribution in [3.63, 3.8) is 0 Å². The van der Waals surface area contributed by atoms with E-state index >= 15 is 0 Å². The fourth-order valence-electron chi connectivity index (χ4n) is 1.03. The second-order valence-electron chi connectivity index (χ2n) is 2.54. The van der Waals surface area contributed by atoms with E-state index in [2.05, 4.69) is 9.47 Å². The van der Waals surface area contributed by atoms with Crippen LogP contribution in [0, 0.1) is 0 Å². The number of nitrogens with zero attached hydrogens (tertiary/aromatic N) is 2. The lowest BCUT2D eigenvalue weighted by Crippen LogP contribution is -2.39. The Bertz CT molecular complexity index is 338. The maximum Gasteiger partial charge on any atom is 0.424 e. The molecule has 5 amide bonds. The molecule has 0 aromatic heterocycles. The van der Waals surface area contributed by atoms with E-state index in [-0.39, 0.29) is 4.90 Å². The van der Waals surface area contributed by atoms with E-state index in [0.717, 1.165) is 14.2 Å². The Morgan fingerprint density at radius 1 is 1.13 bits per heavy atom. The Hall–Kier alpha value is -2.12. The first kappa shape index (κ1) is 11.0. The number of hydrogen-bond donors (Lipinski definition) is 0. The minimum atomic E-state index is -1.13. The standard InChI is InChI=1S/C7H8N2O6/c1-14-6(12)8-3-4(10)9(5(8)11)7(13)15-2/h3H2,1-2H3. The summed E-state index contributed by atoms with van der Waals surface area (Å²) >= 11 is 0. The lowest BCUT2D eigenvalue weighted by atomic mass is 10.6. The van der Waals surface area contributed by atoms with Crippen LogP contribution in [0.2, 0.25) is 0 Å². The summed E-state index contributed by atoms with van der Waals surface area (Å²) in [5.41, 5.74) is 0. The molecule has 1 aliphatic rings. The van der Waals surface area contributed by atoms with Gasteiger partial charge in [0.2, 0.25) is 0 Å². The number of carbonyl (C=O) groups is 4. The van der Waals surface area contributed by atoms with Crippen LogP contribution in [0.1, 0.15) is 0 Å². The Labute approximate surface area is 84.3 Å². The summed E-state index contributed by atoms with van der Waals surface area (Å²) in [6.07, 6.45) is -2.13. The molecule has 0 aliphatic carbocycles. The highest BCUT2D eigenvalue weighted by Crippen LogP contribution is 2.12. The molecular weight excluding hydrogens is 208 g/mol. The van der Waals surface area contributed by atoms with Crippen molar-refractivity contribution in [1.29, 1.82) is 0 Å². The normalized spacial score (nSPS) is 15.6. The molecular formula is C7H8N2O6. The molecule has 1 heterocycles. The van der Waals surface area contributed by atoms with Crippen molar-refractivity contribution >= 4 is 24.1 Å². The van der Waals surface area contributed by atoms with Gasteiger partial charge in [-0.25, -0.2) is 19.3 Å². The van der Waals surface area contributed by atoms with Crippen molar-refractivity contribution in [2.45, 2.75) is 0 Å². The maximum absolute atomic E-state index is 11.3. The number of carbonyl (C=O) groups excluding carboxylic acids is 4. The second-order valence-corrected chi connectivity index (χ2v) is 2.54. The van der Waals surface area contributed by atoms with Crippen molar-refractivity contribution in [1.82, 2.24) is 9.80 Å². The van der Waals surface area contributed by atoms with Gasteiger partial charge in [-0.2, -0.15) is 4.90 Å². The molecule has 8 heteroatoms. The monoisotopic (exact) mass is 216 g/mol. The fraction of sp³-hybridized carbons (Fsp3) is 0.429. The van der Waals surface area contributed by atoms with Gasteiger partial charge in [0, 0.05) is 0 Å². The van der Waals surface area contributed by atoms with E-state index in [1.807, 2.05) is 0 Å². The predicted octanol–water partition coefficient (Wildman–Crippen LogP) is -0.217. The van der Waals surface area contributed by atoms with Gasteiger partial charge in [-0.1, -0.05) is 0 Å². The molecule has 0 saturated carbocycles. The number of amides is 5. The number of methoxy groups -OCH3 is 2. The van der Waals surface area contributed by atoms with Crippen molar-refractivity contribution in [2.24, 2.45) is 0 Å². The van der Waals surface area contributed by atoms with Crippen LogP contribution in [-0.2, 0) is 14.3 Å². The zero-order chi connectivity index (χ0) is 11.6. The van der Waals surface area contributed by atoms with Gasteiger partial charge < -0.3 is 9.47 Å². The van der Waals surface area contributed by atoms with Crippen molar-refractivity contribution in [3.8, 4) is 0 Å². The zero-order valence-corrected chi connectivity index (χ0v) is 8.05. The van der Waals surface area contributed by atoms with Crippen LogP contribution in [0.4, 0.5) is 14.4 Å². The summed E-state index contributed by atoms with van der Waals surface area (Å²) in [7, 11) is 2.07. The summed E-state index contributed by atoms with van der Waals surface area (Å²) in [4.78, 5) is 45.2. The molecule has 0 N–H and O–H groups in total. The molecule has 0 aromatic carbocycles. The third-order valence-electron chi connectivity index (χ3n) is 1.72. The average molecular weight is 216 g/mol. The van der Waals surface area contributed by atoms with Gasteiger partial charge in [0.1, 0.15) is 6.54 Å². The second kappa shape index (κ2) is 3.95. The topological polar surface area (TPSA) is 93.2 Å². The predicted molar refractivity (Wildman–Crippen MR) is 43.8 cm³/mol. The van der Waals surface area contributed by atoms with Crippen molar-refractivity contribution < 1.29 is 28.7 Å². The smallest absolute Gasteiger partial charge is 0.424 e. The highest BCUT2D eigenvalue weighted by Gasteiger charge is 2.44. The molecule has 0 bridgehead atoms. The van der Waals surface area contributed by atoms with Gasteiger partial charge in [-0.15, -0.1) is 0 Å². The molecule has 1 aliphatic heterocycles. The summed E-state index contributed by atoms with van der Waals surface area (Å²) < 4.78 is 8.45. The van der Waals surface area contributed by atoms with Crippen LogP contribution in [0.3, 0.4) is 0 Å². The van der Waals surface area contributed by atoms with Gasteiger partial charge in [-0.05, 0) is 0 Å². The lowest BCUT2D eigenvalue weighted by Gasteiger charge is -2.11. The van der Waals surface area contributed by atoms with E-state index in [1.54, 1.807) is 0 Å². The summed E-state index contributed by atoms with van der Waals surface area (Å²) in [6, 6.07) is -1.07. The minimum absolute atomic E-state index is 0.233. The highest BCUT2D eigenvalue weighted by atomic mass is 16.6. The molecule has 82 valence electrons. The van der Waals surface area contributed by atoms with Crippen LogP contribution < -0.4 is 0 Å². The molecule has 1 fully saturated rings. The zero-order valence-electron chi connectivity index (χ0n) is 8.05. The minimum Gasteiger partial charge on any atom is -0.452 e. The molecule has 0 radical (unpaired) electrons. The summed E-state index contributed by atoms with van der Waals surface area (Å²) in [5, 5.41) is 0. The molecule has 0 aromatic rings. The van der Waals surface area contributed by atoms with E-state index in [1.165, 1.54) is 0 Å². The van der Waals surface area contributed by atoms with Crippen molar-refractivity contribution in [3.05, 3.63) is 0 Å². The van der Waals surface area contributed by atoms with E-state index < -0.39 is 30.7 Å². The van der Waals surface area contributed by atoms with E-state index in [9.17, 15) is 19.2 Å². The average Bonchev–Trinajstić information content (AvgIpc) is 2.52. The Kier molecular flexibility index (Phi) is 2.88. The Morgan fingerprint density at radius 3 is 2.13 bits per heavy atom. The first-order valence-corrected chi connectivity index (χ1v) is 3.83. The van der Waals surface area contributed by atoms with Crippen LogP contribution >= 0.6 is 0 Å². The Morgan fingerprint density at radius 2 is 1.67 bits per heavy atom. The van der Waals surface area contributed by atoms with Crippen LogP contribution in [0.15, 0.2) is 0 Å². The first-order chi connectivity index (χ1) is 7.02. The molecule has 1 saturated heterocycles. The van der Waals surface area contributed by atoms with Gasteiger partial charge in [-0.3, -0.25) is 4.79 Å². The quantitative estimate of drug-likeness (QED) is 0.520. The van der Waals surface area contributed by atoms with Gasteiger partial charge in [0.15, 0.2) is 0 Å².